The van der Waals surface area contributed by atoms with Gasteiger partial charge in [-0.05, 0) is 54.3 Å². The van der Waals surface area contributed by atoms with Crippen LogP contribution in [-0.4, -0.2) is 42.1 Å². The van der Waals surface area contributed by atoms with Gasteiger partial charge in [-0.3, -0.25) is 4.79 Å². The average molecular weight is 342 g/mol. The van der Waals surface area contributed by atoms with Crippen LogP contribution in [0.25, 0.3) is 0 Å². The van der Waals surface area contributed by atoms with E-state index in [1.807, 2.05) is 23.1 Å². The van der Waals surface area contributed by atoms with Gasteiger partial charge in [-0.15, -0.1) is 11.3 Å². The van der Waals surface area contributed by atoms with Gasteiger partial charge < -0.3 is 14.9 Å². The molecule has 4 nitrogen and oxygen atoms in total. The summed E-state index contributed by atoms with van der Waals surface area (Å²) in [6, 6.07) is 7.41. The largest absolute Gasteiger partial charge is 0.506 e. The third-order valence-electron chi connectivity index (χ3n) is 5.09. The van der Waals surface area contributed by atoms with Crippen LogP contribution in [0.15, 0.2) is 29.6 Å². The molecule has 0 unspecified atom stereocenters. The van der Waals surface area contributed by atoms with Crippen molar-refractivity contribution in [2.45, 2.75) is 25.7 Å². The zero-order valence-electron chi connectivity index (χ0n) is 13.7. The first-order valence-corrected chi connectivity index (χ1v) is 9.53. The molecule has 0 radical (unpaired) electrons. The minimum atomic E-state index is 0.195. The minimum absolute atomic E-state index is 0.195. The Morgan fingerprint density at radius 1 is 1.04 bits per heavy atom. The van der Waals surface area contributed by atoms with Crippen molar-refractivity contribution in [3.05, 3.63) is 45.6 Å². The fourth-order valence-electron chi connectivity index (χ4n) is 3.72. The Hall–Kier alpha value is -2.01. The number of aryl methyl sites for hydroxylation is 1. The van der Waals surface area contributed by atoms with E-state index < -0.39 is 0 Å². The molecule has 1 aromatic heterocycles. The number of hydrogen-bond donors (Lipinski definition) is 1. The van der Waals surface area contributed by atoms with E-state index in [2.05, 4.69) is 10.3 Å². The number of carbonyl (C=O) groups excluding carboxylic acids is 1. The molecule has 24 heavy (non-hydrogen) atoms. The molecule has 2 heterocycles. The number of anilines is 1. The Bertz CT molecular complexity index is 748. The number of rotatable bonds is 2. The van der Waals surface area contributed by atoms with Gasteiger partial charge in [0.05, 0.1) is 10.6 Å². The average Bonchev–Trinajstić information content (AvgIpc) is 3.06. The molecule has 5 heteroatoms. The zero-order valence-corrected chi connectivity index (χ0v) is 14.5. The maximum Gasteiger partial charge on any atom is 0.264 e. The van der Waals surface area contributed by atoms with E-state index in [0.717, 1.165) is 36.5 Å². The fraction of sp³-hybridized carbons (Fsp3) is 0.421. The molecule has 1 saturated heterocycles. The number of phenolic OH excluding ortho intramolecular Hbond substituents is 1. The number of hydrogen-bond acceptors (Lipinski definition) is 4. The van der Waals surface area contributed by atoms with Crippen LogP contribution in [0.4, 0.5) is 5.69 Å². The summed E-state index contributed by atoms with van der Waals surface area (Å²) in [5, 5.41) is 12.2. The topological polar surface area (TPSA) is 43.8 Å². The maximum absolute atomic E-state index is 12.9. The zero-order chi connectivity index (χ0) is 16.5. The second kappa shape index (κ2) is 6.48. The molecule has 1 N–H and O–H groups in total. The van der Waals surface area contributed by atoms with Gasteiger partial charge >= 0.3 is 0 Å². The van der Waals surface area contributed by atoms with E-state index in [9.17, 15) is 9.90 Å². The molecular weight excluding hydrogens is 320 g/mol. The quantitative estimate of drug-likeness (QED) is 0.911. The second-order valence-electron chi connectivity index (χ2n) is 6.54. The summed E-state index contributed by atoms with van der Waals surface area (Å²) in [6.45, 7) is 2.94. The van der Waals surface area contributed by atoms with Gasteiger partial charge in [0, 0.05) is 26.2 Å². The highest BCUT2D eigenvalue weighted by atomic mass is 32.1. The van der Waals surface area contributed by atoms with Crippen molar-refractivity contribution in [3.8, 4) is 5.75 Å². The Morgan fingerprint density at radius 2 is 1.79 bits per heavy atom. The lowest BCUT2D eigenvalue weighted by Crippen LogP contribution is -2.48. The summed E-state index contributed by atoms with van der Waals surface area (Å²) in [5.74, 6) is 0.504. The summed E-state index contributed by atoms with van der Waals surface area (Å²) in [7, 11) is 0. The maximum atomic E-state index is 12.9. The summed E-state index contributed by atoms with van der Waals surface area (Å²) in [5.41, 5.74) is 3.56. The van der Waals surface area contributed by atoms with Crippen LogP contribution in [0, 0.1) is 0 Å². The molecule has 0 spiro atoms. The van der Waals surface area contributed by atoms with E-state index in [4.69, 9.17) is 0 Å². The number of thiophene rings is 1. The van der Waals surface area contributed by atoms with Crippen LogP contribution in [0.3, 0.4) is 0 Å². The SMILES string of the molecule is O=C(c1scc2c1CCCC2)N1CCN(c2ccccc2O)CC1. The molecular formula is C19H22N2O2S. The number of fused-ring (bicyclic) bond motifs is 1. The number of aromatic hydroxyl groups is 1. The van der Waals surface area contributed by atoms with Gasteiger partial charge in [-0.25, -0.2) is 0 Å². The van der Waals surface area contributed by atoms with Gasteiger partial charge in [0.25, 0.3) is 5.91 Å². The summed E-state index contributed by atoms with van der Waals surface area (Å²) < 4.78 is 0. The molecule has 2 aromatic rings. The lowest BCUT2D eigenvalue weighted by molar-refractivity contribution is 0.0750. The Morgan fingerprint density at radius 3 is 2.58 bits per heavy atom. The van der Waals surface area contributed by atoms with Crippen molar-refractivity contribution < 1.29 is 9.90 Å². The number of piperazine rings is 1. The molecule has 1 amide bonds. The molecule has 1 aromatic carbocycles. The van der Waals surface area contributed by atoms with E-state index >= 15 is 0 Å². The number of phenols is 1. The molecule has 0 atom stereocenters. The third-order valence-corrected chi connectivity index (χ3v) is 6.15. The van der Waals surface area contributed by atoms with Gasteiger partial charge in [-0.2, -0.15) is 0 Å². The highest BCUT2D eigenvalue weighted by molar-refractivity contribution is 7.12. The second-order valence-corrected chi connectivity index (χ2v) is 7.42. The van der Waals surface area contributed by atoms with Gasteiger partial charge in [0.2, 0.25) is 0 Å². The van der Waals surface area contributed by atoms with Crippen LogP contribution in [-0.2, 0) is 12.8 Å². The van der Waals surface area contributed by atoms with E-state index in [1.54, 1.807) is 17.4 Å². The van der Waals surface area contributed by atoms with E-state index in [0.29, 0.717) is 18.8 Å². The van der Waals surface area contributed by atoms with Crippen LogP contribution in [0.2, 0.25) is 0 Å². The number of para-hydroxylation sites is 2. The monoisotopic (exact) mass is 342 g/mol. The molecule has 4 rings (SSSR count). The van der Waals surface area contributed by atoms with Crippen LogP contribution in [0.1, 0.15) is 33.6 Å². The molecule has 0 saturated carbocycles. The Kier molecular flexibility index (Phi) is 4.19. The lowest BCUT2D eigenvalue weighted by atomic mass is 9.93. The van der Waals surface area contributed by atoms with Gasteiger partial charge in [-0.1, -0.05) is 12.1 Å². The first-order valence-electron chi connectivity index (χ1n) is 8.65. The number of carbonyl (C=O) groups is 1. The van der Waals surface area contributed by atoms with Gasteiger partial charge in [0.15, 0.2) is 0 Å². The first kappa shape index (κ1) is 15.5. The van der Waals surface area contributed by atoms with Crippen LogP contribution in [0.5, 0.6) is 5.75 Å². The third kappa shape index (κ3) is 2.77. The lowest BCUT2D eigenvalue weighted by Gasteiger charge is -2.36. The van der Waals surface area contributed by atoms with E-state index in [-0.39, 0.29) is 5.91 Å². The predicted octanol–water partition coefficient (Wildman–Crippen LogP) is 3.29. The Balaban J connectivity index is 1.45. The first-order chi connectivity index (χ1) is 11.7. The molecule has 1 fully saturated rings. The van der Waals surface area contributed by atoms with Crippen molar-refractivity contribution >= 4 is 22.9 Å². The van der Waals surface area contributed by atoms with Crippen molar-refractivity contribution in [2.75, 3.05) is 31.1 Å². The number of benzene rings is 1. The molecule has 0 bridgehead atoms. The number of nitrogens with zero attached hydrogens (tertiary/aromatic N) is 2. The van der Waals surface area contributed by atoms with Crippen LogP contribution < -0.4 is 4.90 Å². The Labute approximate surface area is 146 Å². The number of amides is 1. The highest BCUT2D eigenvalue weighted by Crippen LogP contribution is 2.32. The van der Waals surface area contributed by atoms with Gasteiger partial charge in [0.1, 0.15) is 5.75 Å². The predicted molar refractivity (Wildman–Crippen MR) is 97.2 cm³/mol. The fourth-order valence-corrected chi connectivity index (χ4v) is 4.85. The summed E-state index contributed by atoms with van der Waals surface area (Å²) in [4.78, 5) is 18.0. The molecule has 1 aliphatic heterocycles. The highest BCUT2D eigenvalue weighted by Gasteiger charge is 2.27. The smallest absolute Gasteiger partial charge is 0.264 e. The summed E-state index contributed by atoms with van der Waals surface area (Å²) in [6.07, 6.45) is 4.62. The van der Waals surface area contributed by atoms with Crippen molar-refractivity contribution in [1.29, 1.82) is 0 Å². The van der Waals surface area contributed by atoms with Crippen molar-refractivity contribution in [1.82, 2.24) is 4.90 Å². The minimum Gasteiger partial charge on any atom is -0.506 e. The standard InChI is InChI=1S/C19H22N2O2S/c22-17-8-4-3-7-16(17)20-9-11-21(12-10-20)19(23)18-15-6-2-1-5-14(15)13-24-18/h3-4,7-8,13,22H,1-2,5-6,9-12H2. The normalized spacial score (nSPS) is 17.7. The van der Waals surface area contributed by atoms with Crippen molar-refractivity contribution in [2.24, 2.45) is 0 Å². The van der Waals surface area contributed by atoms with Crippen LogP contribution >= 0.6 is 11.3 Å². The molecule has 2 aliphatic rings. The van der Waals surface area contributed by atoms with E-state index in [1.165, 1.54) is 24.0 Å². The van der Waals surface area contributed by atoms with Crippen molar-refractivity contribution in [3.63, 3.8) is 0 Å². The summed E-state index contributed by atoms with van der Waals surface area (Å²) >= 11 is 1.62. The molecule has 126 valence electrons. The molecule has 1 aliphatic carbocycles.